The summed E-state index contributed by atoms with van der Waals surface area (Å²) in [6.07, 6.45) is 0.751. The molecule has 1 rings (SSSR count). The topological polar surface area (TPSA) is 62.6 Å². The molecular weight excluding hydrogens is 170 g/mol. The van der Waals surface area contributed by atoms with Crippen molar-refractivity contribution in [3.05, 3.63) is 24.0 Å². The van der Waals surface area contributed by atoms with Crippen molar-refractivity contribution in [2.45, 2.75) is 13.0 Å². The number of ether oxygens (including phenoxy) is 1. The molecule has 0 aliphatic heterocycles. The van der Waals surface area contributed by atoms with E-state index in [4.69, 9.17) is 14.9 Å². The molecule has 4 heteroatoms. The Balaban J connectivity index is 2.41. The van der Waals surface area contributed by atoms with Crippen molar-refractivity contribution in [1.29, 1.82) is 0 Å². The molecule has 0 aliphatic carbocycles. The standard InChI is InChI=1S/C9H13NO3/c1-7-2-3-9(4-10-7)13-6-8(12)5-11/h2-4,8,11-12H,5-6H2,1H3/t8-/m1/s1. The van der Waals surface area contributed by atoms with Crippen molar-refractivity contribution >= 4 is 0 Å². The maximum absolute atomic E-state index is 8.98. The van der Waals surface area contributed by atoms with Crippen LogP contribution >= 0.6 is 0 Å². The average Bonchev–Trinajstić information content (AvgIpc) is 2.16. The van der Waals surface area contributed by atoms with Crippen LogP contribution in [-0.4, -0.2) is 34.5 Å². The lowest BCUT2D eigenvalue weighted by Crippen LogP contribution is -2.21. The molecule has 1 atom stereocenters. The van der Waals surface area contributed by atoms with Crippen molar-refractivity contribution in [1.82, 2.24) is 4.98 Å². The lowest BCUT2D eigenvalue weighted by Gasteiger charge is -2.09. The van der Waals surface area contributed by atoms with Gasteiger partial charge < -0.3 is 14.9 Å². The molecule has 1 heterocycles. The Morgan fingerprint density at radius 3 is 2.85 bits per heavy atom. The Morgan fingerprint density at radius 1 is 1.54 bits per heavy atom. The third-order valence-corrected chi connectivity index (χ3v) is 1.54. The normalized spacial score (nSPS) is 12.5. The third kappa shape index (κ3) is 3.40. The van der Waals surface area contributed by atoms with Crippen LogP contribution in [0.3, 0.4) is 0 Å². The average molecular weight is 183 g/mol. The molecule has 1 aromatic heterocycles. The zero-order valence-corrected chi connectivity index (χ0v) is 7.47. The Kier molecular flexibility index (Phi) is 3.67. The van der Waals surface area contributed by atoms with Crippen LogP contribution in [0.4, 0.5) is 0 Å². The van der Waals surface area contributed by atoms with Gasteiger partial charge in [0.15, 0.2) is 0 Å². The highest BCUT2D eigenvalue weighted by Gasteiger charge is 2.02. The number of pyridine rings is 1. The lowest BCUT2D eigenvalue weighted by molar-refractivity contribution is 0.0535. The number of aliphatic hydroxyl groups excluding tert-OH is 2. The van der Waals surface area contributed by atoms with E-state index in [1.54, 1.807) is 12.3 Å². The number of hydrogen-bond acceptors (Lipinski definition) is 4. The van der Waals surface area contributed by atoms with E-state index in [0.29, 0.717) is 5.75 Å². The van der Waals surface area contributed by atoms with Crippen LogP contribution in [0.25, 0.3) is 0 Å². The van der Waals surface area contributed by atoms with E-state index in [-0.39, 0.29) is 13.2 Å². The SMILES string of the molecule is Cc1ccc(OC[C@H](O)CO)cn1. The van der Waals surface area contributed by atoms with Gasteiger partial charge in [-0.1, -0.05) is 0 Å². The number of aromatic nitrogens is 1. The van der Waals surface area contributed by atoms with E-state index in [0.717, 1.165) is 5.69 Å². The predicted molar refractivity (Wildman–Crippen MR) is 47.6 cm³/mol. The molecule has 1 aromatic rings. The summed E-state index contributed by atoms with van der Waals surface area (Å²) in [5.74, 6) is 0.595. The molecule has 0 fully saturated rings. The Bertz CT molecular complexity index is 248. The minimum absolute atomic E-state index is 0.0846. The maximum Gasteiger partial charge on any atom is 0.137 e. The number of rotatable bonds is 4. The van der Waals surface area contributed by atoms with Crippen LogP contribution in [0.5, 0.6) is 5.75 Å². The fourth-order valence-electron chi connectivity index (χ4n) is 0.785. The summed E-state index contributed by atoms with van der Waals surface area (Å²) in [7, 11) is 0. The fraction of sp³-hybridized carbons (Fsp3) is 0.444. The number of aliphatic hydroxyl groups is 2. The molecule has 0 amide bonds. The van der Waals surface area contributed by atoms with Gasteiger partial charge in [-0.3, -0.25) is 4.98 Å². The van der Waals surface area contributed by atoms with E-state index in [1.165, 1.54) is 0 Å². The van der Waals surface area contributed by atoms with Gasteiger partial charge in [0.1, 0.15) is 18.5 Å². The van der Waals surface area contributed by atoms with E-state index in [2.05, 4.69) is 4.98 Å². The van der Waals surface area contributed by atoms with Gasteiger partial charge in [0.25, 0.3) is 0 Å². The summed E-state index contributed by atoms with van der Waals surface area (Å²) < 4.78 is 5.14. The minimum atomic E-state index is -0.832. The van der Waals surface area contributed by atoms with Crippen molar-refractivity contribution in [3.8, 4) is 5.75 Å². The molecule has 72 valence electrons. The summed E-state index contributed by atoms with van der Waals surface area (Å²) in [4.78, 5) is 4.01. The molecule has 0 aromatic carbocycles. The van der Waals surface area contributed by atoms with Gasteiger partial charge in [0.05, 0.1) is 12.8 Å². The first-order valence-electron chi connectivity index (χ1n) is 4.06. The summed E-state index contributed by atoms with van der Waals surface area (Å²) in [6.45, 7) is 1.67. The zero-order valence-electron chi connectivity index (χ0n) is 7.47. The van der Waals surface area contributed by atoms with Crippen molar-refractivity contribution in [2.24, 2.45) is 0 Å². The first-order chi connectivity index (χ1) is 6.22. The Labute approximate surface area is 76.8 Å². The number of aryl methyl sites for hydroxylation is 1. The largest absolute Gasteiger partial charge is 0.489 e. The van der Waals surface area contributed by atoms with Crippen LogP contribution in [0, 0.1) is 6.92 Å². The summed E-state index contributed by atoms with van der Waals surface area (Å²) in [5.41, 5.74) is 0.912. The van der Waals surface area contributed by atoms with E-state index >= 15 is 0 Å². The molecule has 13 heavy (non-hydrogen) atoms. The van der Waals surface area contributed by atoms with Crippen molar-refractivity contribution in [3.63, 3.8) is 0 Å². The first kappa shape index (κ1) is 9.95. The monoisotopic (exact) mass is 183 g/mol. The summed E-state index contributed by atoms with van der Waals surface area (Å²) >= 11 is 0. The zero-order chi connectivity index (χ0) is 9.68. The van der Waals surface area contributed by atoms with E-state index < -0.39 is 6.10 Å². The Hall–Kier alpha value is -1.13. The maximum atomic E-state index is 8.98. The first-order valence-corrected chi connectivity index (χ1v) is 4.06. The highest BCUT2D eigenvalue weighted by atomic mass is 16.5. The van der Waals surface area contributed by atoms with Gasteiger partial charge in [-0.25, -0.2) is 0 Å². The molecule has 2 N–H and O–H groups in total. The molecule has 0 aliphatic rings. The van der Waals surface area contributed by atoms with E-state index in [1.807, 2.05) is 13.0 Å². The van der Waals surface area contributed by atoms with Gasteiger partial charge in [0, 0.05) is 5.69 Å². The molecule has 0 unspecified atom stereocenters. The quantitative estimate of drug-likeness (QED) is 0.696. The van der Waals surface area contributed by atoms with Crippen LogP contribution in [0.2, 0.25) is 0 Å². The van der Waals surface area contributed by atoms with Crippen molar-refractivity contribution in [2.75, 3.05) is 13.2 Å². The van der Waals surface area contributed by atoms with Gasteiger partial charge in [-0.2, -0.15) is 0 Å². The Morgan fingerprint density at radius 2 is 2.31 bits per heavy atom. The molecule has 0 bridgehead atoms. The van der Waals surface area contributed by atoms with Crippen molar-refractivity contribution < 1.29 is 14.9 Å². The number of hydrogen-bond donors (Lipinski definition) is 2. The molecule has 0 saturated heterocycles. The van der Waals surface area contributed by atoms with Crippen LogP contribution in [0.15, 0.2) is 18.3 Å². The minimum Gasteiger partial charge on any atom is -0.489 e. The van der Waals surface area contributed by atoms with Crippen LogP contribution < -0.4 is 4.74 Å². The molecule has 0 spiro atoms. The second kappa shape index (κ2) is 4.79. The van der Waals surface area contributed by atoms with Gasteiger partial charge in [-0.15, -0.1) is 0 Å². The van der Waals surface area contributed by atoms with Crippen LogP contribution in [0.1, 0.15) is 5.69 Å². The second-order valence-electron chi connectivity index (χ2n) is 2.78. The summed E-state index contributed by atoms with van der Waals surface area (Å²) in [5, 5.41) is 17.5. The third-order valence-electron chi connectivity index (χ3n) is 1.54. The fourth-order valence-corrected chi connectivity index (χ4v) is 0.785. The second-order valence-corrected chi connectivity index (χ2v) is 2.78. The van der Waals surface area contributed by atoms with Gasteiger partial charge in [-0.05, 0) is 19.1 Å². The summed E-state index contributed by atoms with van der Waals surface area (Å²) in [6, 6.07) is 3.59. The highest BCUT2D eigenvalue weighted by molar-refractivity contribution is 5.18. The number of nitrogens with zero attached hydrogens (tertiary/aromatic N) is 1. The predicted octanol–water partition coefficient (Wildman–Crippen LogP) is 0.122. The van der Waals surface area contributed by atoms with E-state index in [9.17, 15) is 0 Å². The lowest BCUT2D eigenvalue weighted by atomic mass is 10.3. The van der Waals surface area contributed by atoms with Crippen LogP contribution in [-0.2, 0) is 0 Å². The smallest absolute Gasteiger partial charge is 0.137 e. The molecule has 0 saturated carbocycles. The molecular formula is C9H13NO3. The highest BCUT2D eigenvalue weighted by Crippen LogP contribution is 2.08. The van der Waals surface area contributed by atoms with Gasteiger partial charge in [0.2, 0.25) is 0 Å². The molecule has 4 nitrogen and oxygen atoms in total. The van der Waals surface area contributed by atoms with Gasteiger partial charge >= 0.3 is 0 Å². The molecule has 0 radical (unpaired) electrons.